The zero-order chi connectivity index (χ0) is 21.8. The summed E-state index contributed by atoms with van der Waals surface area (Å²) in [4.78, 5) is 19.1. The van der Waals surface area contributed by atoms with Gasteiger partial charge in [0.25, 0.3) is 0 Å². The summed E-state index contributed by atoms with van der Waals surface area (Å²) in [5, 5.41) is 13.2. The summed E-state index contributed by atoms with van der Waals surface area (Å²) in [7, 11) is 1.63. The second-order valence-corrected chi connectivity index (χ2v) is 9.39. The number of methoxy groups -OCH3 is 1. The number of carbonyl (C=O) groups is 1. The molecule has 0 unspecified atom stereocenters. The molecular weight excluding hydrogens is 450 g/mol. The standard InChI is InChI=1S/C21H21N5O2S3/c1-13-23-17(12-30-13)18-8-7-16(31-18)11-22-19(27)9-10-26-20(24-25-21(26)29)14-3-5-15(28-2)6-4-14/h3-8,12H,9-11H2,1-2H3,(H,22,27)(H,25,29). The molecule has 0 atom stereocenters. The Balaban J connectivity index is 1.35. The van der Waals surface area contributed by atoms with Crippen molar-refractivity contribution in [3.8, 4) is 27.7 Å². The molecule has 7 nitrogen and oxygen atoms in total. The Hall–Kier alpha value is -2.82. The van der Waals surface area contributed by atoms with Gasteiger partial charge in [-0.2, -0.15) is 5.10 Å². The van der Waals surface area contributed by atoms with Crippen molar-refractivity contribution < 1.29 is 9.53 Å². The van der Waals surface area contributed by atoms with E-state index in [-0.39, 0.29) is 5.91 Å². The van der Waals surface area contributed by atoms with Crippen molar-refractivity contribution in [1.82, 2.24) is 25.1 Å². The van der Waals surface area contributed by atoms with Gasteiger partial charge in [-0.15, -0.1) is 22.7 Å². The highest BCUT2D eigenvalue weighted by Crippen LogP contribution is 2.29. The zero-order valence-corrected chi connectivity index (χ0v) is 19.5. The number of amides is 1. The number of nitrogens with one attached hydrogen (secondary N) is 2. The van der Waals surface area contributed by atoms with Gasteiger partial charge in [0.15, 0.2) is 10.6 Å². The molecule has 0 radical (unpaired) electrons. The number of thiazole rings is 1. The molecule has 1 amide bonds. The van der Waals surface area contributed by atoms with E-state index in [9.17, 15) is 4.79 Å². The molecule has 0 aliphatic carbocycles. The maximum atomic E-state index is 12.4. The number of aromatic nitrogens is 4. The van der Waals surface area contributed by atoms with E-state index in [1.54, 1.807) is 29.8 Å². The molecule has 0 fully saturated rings. The van der Waals surface area contributed by atoms with Crippen LogP contribution in [0.5, 0.6) is 5.75 Å². The highest BCUT2D eigenvalue weighted by molar-refractivity contribution is 7.71. The normalized spacial score (nSPS) is 10.9. The number of nitrogens with zero attached hydrogens (tertiary/aromatic N) is 3. The first-order valence-corrected chi connectivity index (χ1v) is 11.7. The van der Waals surface area contributed by atoms with E-state index in [0.29, 0.717) is 30.1 Å². The van der Waals surface area contributed by atoms with E-state index in [1.807, 2.05) is 47.9 Å². The summed E-state index contributed by atoms with van der Waals surface area (Å²) in [5.41, 5.74) is 1.89. The summed E-state index contributed by atoms with van der Waals surface area (Å²) in [6.45, 7) is 2.93. The molecule has 1 aromatic carbocycles. The highest BCUT2D eigenvalue weighted by Gasteiger charge is 2.12. The number of aromatic amines is 1. The number of rotatable bonds is 8. The van der Waals surface area contributed by atoms with Crippen molar-refractivity contribution >= 4 is 40.8 Å². The first kappa shape index (κ1) is 21.4. The van der Waals surface area contributed by atoms with E-state index in [4.69, 9.17) is 17.0 Å². The first-order valence-electron chi connectivity index (χ1n) is 9.61. The van der Waals surface area contributed by atoms with Crippen molar-refractivity contribution in [3.63, 3.8) is 0 Å². The molecule has 0 bridgehead atoms. The van der Waals surface area contributed by atoms with Crippen LogP contribution in [0, 0.1) is 11.7 Å². The van der Waals surface area contributed by atoms with E-state index in [2.05, 4.69) is 25.9 Å². The third-order valence-corrected chi connectivity index (χ3v) is 6.85. The number of ether oxygens (including phenoxy) is 1. The Morgan fingerprint density at radius 1 is 1.26 bits per heavy atom. The largest absolute Gasteiger partial charge is 0.497 e. The number of H-pyrrole nitrogens is 1. The van der Waals surface area contributed by atoms with Crippen molar-refractivity contribution in [2.75, 3.05) is 7.11 Å². The van der Waals surface area contributed by atoms with E-state index in [0.717, 1.165) is 31.8 Å². The van der Waals surface area contributed by atoms with Crippen molar-refractivity contribution in [2.24, 2.45) is 0 Å². The predicted octanol–water partition coefficient (Wildman–Crippen LogP) is 4.82. The minimum absolute atomic E-state index is 0.0387. The van der Waals surface area contributed by atoms with Crippen LogP contribution in [0.3, 0.4) is 0 Å². The number of hydrogen-bond acceptors (Lipinski definition) is 7. The van der Waals surface area contributed by atoms with Crippen LogP contribution in [-0.2, 0) is 17.9 Å². The lowest BCUT2D eigenvalue weighted by Crippen LogP contribution is -2.23. The van der Waals surface area contributed by atoms with Gasteiger partial charge in [-0.05, 0) is 55.5 Å². The number of benzene rings is 1. The summed E-state index contributed by atoms with van der Waals surface area (Å²) >= 11 is 8.63. The topological polar surface area (TPSA) is 84.8 Å². The van der Waals surface area contributed by atoms with Crippen molar-refractivity contribution in [1.29, 1.82) is 0 Å². The summed E-state index contributed by atoms with van der Waals surface area (Å²) in [6, 6.07) is 11.6. The Kier molecular flexibility index (Phi) is 6.59. The monoisotopic (exact) mass is 471 g/mol. The fourth-order valence-corrected chi connectivity index (χ4v) is 4.88. The van der Waals surface area contributed by atoms with Gasteiger partial charge in [-0.3, -0.25) is 14.5 Å². The van der Waals surface area contributed by atoms with Crippen LogP contribution in [0.25, 0.3) is 22.0 Å². The smallest absolute Gasteiger partial charge is 0.222 e. The Morgan fingerprint density at radius 3 is 2.77 bits per heavy atom. The fourth-order valence-electron chi connectivity index (χ4n) is 3.06. The molecule has 0 saturated heterocycles. The van der Waals surface area contributed by atoms with Crippen LogP contribution in [0.1, 0.15) is 16.3 Å². The van der Waals surface area contributed by atoms with Crippen LogP contribution in [-0.4, -0.2) is 32.8 Å². The Morgan fingerprint density at radius 2 is 2.06 bits per heavy atom. The van der Waals surface area contributed by atoms with Gasteiger partial charge in [-0.1, -0.05) is 0 Å². The molecule has 10 heteroatoms. The summed E-state index contributed by atoms with van der Waals surface area (Å²) < 4.78 is 7.52. The van der Waals surface area contributed by atoms with Gasteiger partial charge in [0.2, 0.25) is 5.91 Å². The average molecular weight is 472 g/mol. The second kappa shape index (κ2) is 9.54. The van der Waals surface area contributed by atoms with Crippen LogP contribution >= 0.6 is 34.9 Å². The number of carbonyl (C=O) groups excluding carboxylic acids is 1. The molecule has 0 spiro atoms. The maximum Gasteiger partial charge on any atom is 0.222 e. The van der Waals surface area contributed by atoms with Crippen molar-refractivity contribution in [2.45, 2.75) is 26.4 Å². The lowest BCUT2D eigenvalue weighted by molar-refractivity contribution is -0.121. The SMILES string of the molecule is COc1ccc(-c2n[nH]c(=S)n2CCC(=O)NCc2ccc(-c3csc(C)n3)s2)cc1. The van der Waals surface area contributed by atoms with Crippen LogP contribution in [0.15, 0.2) is 41.8 Å². The molecule has 4 aromatic rings. The molecule has 3 aromatic heterocycles. The van der Waals surface area contributed by atoms with Crippen LogP contribution in [0.2, 0.25) is 0 Å². The molecule has 3 heterocycles. The lowest BCUT2D eigenvalue weighted by atomic mass is 10.2. The number of aryl methyl sites for hydroxylation is 1. The van der Waals surface area contributed by atoms with E-state index >= 15 is 0 Å². The minimum atomic E-state index is -0.0387. The predicted molar refractivity (Wildman–Crippen MR) is 126 cm³/mol. The van der Waals surface area contributed by atoms with Crippen LogP contribution < -0.4 is 10.1 Å². The molecule has 31 heavy (non-hydrogen) atoms. The van der Waals surface area contributed by atoms with Gasteiger partial charge >= 0.3 is 0 Å². The van der Waals surface area contributed by atoms with E-state index in [1.165, 1.54) is 0 Å². The Labute approximate surface area is 192 Å². The molecule has 2 N–H and O–H groups in total. The van der Waals surface area contributed by atoms with Gasteiger partial charge in [-0.25, -0.2) is 4.98 Å². The van der Waals surface area contributed by atoms with Crippen molar-refractivity contribution in [3.05, 3.63) is 56.4 Å². The van der Waals surface area contributed by atoms with Gasteiger partial charge in [0, 0.05) is 28.8 Å². The zero-order valence-electron chi connectivity index (χ0n) is 17.0. The van der Waals surface area contributed by atoms with Gasteiger partial charge < -0.3 is 10.1 Å². The second-order valence-electron chi connectivity index (χ2n) is 6.78. The summed E-state index contributed by atoms with van der Waals surface area (Å²) in [6.07, 6.45) is 0.306. The molecule has 0 saturated carbocycles. The lowest BCUT2D eigenvalue weighted by Gasteiger charge is -2.08. The average Bonchev–Trinajstić information content (AvgIpc) is 3.51. The molecule has 0 aliphatic rings. The van der Waals surface area contributed by atoms with Crippen LogP contribution in [0.4, 0.5) is 0 Å². The van der Waals surface area contributed by atoms with Gasteiger partial charge in [0.1, 0.15) is 5.75 Å². The molecule has 160 valence electrons. The minimum Gasteiger partial charge on any atom is -0.497 e. The third-order valence-electron chi connectivity index (χ3n) is 4.66. The number of hydrogen-bond donors (Lipinski definition) is 2. The Bertz CT molecular complexity index is 1240. The van der Waals surface area contributed by atoms with E-state index < -0.39 is 0 Å². The fraction of sp³-hybridized carbons (Fsp3) is 0.238. The molecule has 4 rings (SSSR count). The number of thiophene rings is 1. The molecular formula is C21H21N5O2S3. The first-order chi connectivity index (χ1) is 15.0. The quantitative estimate of drug-likeness (QED) is 0.360. The highest BCUT2D eigenvalue weighted by atomic mass is 32.1. The molecule has 0 aliphatic heterocycles. The maximum absolute atomic E-state index is 12.4. The van der Waals surface area contributed by atoms with Gasteiger partial charge in [0.05, 0.1) is 29.2 Å². The summed E-state index contributed by atoms with van der Waals surface area (Å²) in [5.74, 6) is 1.43. The third kappa shape index (κ3) is 5.09.